The standard InChI is InChI=1S/C21H20FN3O2S/c22-17-7-2-1-5-15(17)13-21(27)24-11-3-6-16(24)14-25-20(26)10-9-18(23-25)19-8-4-12-28-19/h1-2,4-5,7-10,12,16H,3,6,11,13-14H2/t16-/m1/s1. The highest BCUT2D eigenvalue weighted by Crippen LogP contribution is 2.23. The van der Waals surface area contributed by atoms with Crippen molar-refractivity contribution in [3.8, 4) is 10.6 Å². The molecule has 7 heteroatoms. The SMILES string of the molecule is O=C(Cc1ccccc1F)N1CCC[C@@H]1Cn1nc(-c2cccs2)ccc1=O. The highest BCUT2D eigenvalue weighted by atomic mass is 32.1. The van der Waals surface area contributed by atoms with Gasteiger partial charge in [0, 0.05) is 12.6 Å². The fraction of sp³-hybridized carbons (Fsp3) is 0.286. The molecule has 1 atom stereocenters. The summed E-state index contributed by atoms with van der Waals surface area (Å²) in [6, 6.07) is 13.4. The zero-order valence-corrected chi connectivity index (χ0v) is 16.1. The molecule has 0 saturated carbocycles. The predicted molar refractivity (Wildman–Crippen MR) is 107 cm³/mol. The maximum Gasteiger partial charge on any atom is 0.266 e. The van der Waals surface area contributed by atoms with Crippen LogP contribution >= 0.6 is 11.3 Å². The molecule has 0 spiro atoms. The van der Waals surface area contributed by atoms with Gasteiger partial charge in [-0.3, -0.25) is 9.59 Å². The van der Waals surface area contributed by atoms with Crippen molar-refractivity contribution >= 4 is 17.2 Å². The van der Waals surface area contributed by atoms with Crippen LogP contribution in [0.3, 0.4) is 0 Å². The lowest BCUT2D eigenvalue weighted by Gasteiger charge is -2.25. The summed E-state index contributed by atoms with van der Waals surface area (Å²) in [6.07, 6.45) is 1.70. The van der Waals surface area contributed by atoms with Gasteiger partial charge in [0.2, 0.25) is 5.91 Å². The lowest BCUT2D eigenvalue weighted by atomic mass is 10.1. The minimum absolute atomic E-state index is 0.0285. The molecule has 2 aromatic heterocycles. The second-order valence-corrected chi connectivity index (χ2v) is 7.82. The third-order valence-electron chi connectivity index (χ3n) is 5.02. The van der Waals surface area contributed by atoms with Gasteiger partial charge in [0.15, 0.2) is 0 Å². The van der Waals surface area contributed by atoms with Crippen molar-refractivity contribution in [3.63, 3.8) is 0 Å². The number of carbonyl (C=O) groups is 1. The first-order valence-electron chi connectivity index (χ1n) is 9.27. The highest BCUT2D eigenvalue weighted by molar-refractivity contribution is 7.13. The summed E-state index contributed by atoms with van der Waals surface area (Å²) in [5.41, 5.74) is 0.957. The smallest absolute Gasteiger partial charge is 0.266 e. The molecule has 0 aliphatic carbocycles. The van der Waals surface area contributed by atoms with Crippen LogP contribution in [-0.2, 0) is 17.8 Å². The fourth-order valence-electron chi connectivity index (χ4n) is 3.60. The number of benzene rings is 1. The molecule has 4 rings (SSSR count). The number of thiophene rings is 1. The van der Waals surface area contributed by atoms with Crippen LogP contribution in [-0.4, -0.2) is 33.2 Å². The van der Waals surface area contributed by atoms with Gasteiger partial charge >= 0.3 is 0 Å². The molecular formula is C21H20FN3O2S. The average molecular weight is 397 g/mol. The summed E-state index contributed by atoms with van der Waals surface area (Å²) in [5.74, 6) is -0.483. The van der Waals surface area contributed by atoms with Crippen LogP contribution in [0.2, 0.25) is 0 Å². The van der Waals surface area contributed by atoms with Crippen molar-refractivity contribution in [2.24, 2.45) is 0 Å². The second kappa shape index (κ2) is 8.06. The van der Waals surface area contributed by atoms with Crippen molar-refractivity contribution in [3.05, 3.63) is 75.6 Å². The Morgan fingerprint density at radius 2 is 2.04 bits per heavy atom. The van der Waals surface area contributed by atoms with Gasteiger partial charge in [0.05, 0.1) is 23.9 Å². The van der Waals surface area contributed by atoms with Gasteiger partial charge in [-0.1, -0.05) is 24.3 Å². The van der Waals surface area contributed by atoms with E-state index in [1.807, 2.05) is 17.5 Å². The molecule has 1 saturated heterocycles. The first-order chi connectivity index (χ1) is 13.6. The topological polar surface area (TPSA) is 55.2 Å². The van der Waals surface area contributed by atoms with Gasteiger partial charge in [-0.15, -0.1) is 11.3 Å². The molecule has 1 aromatic carbocycles. The molecule has 28 heavy (non-hydrogen) atoms. The zero-order valence-electron chi connectivity index (χ0n) is 15.3. The van der Waals surface area contributed by atoms with E-state index in [0.29, 0.717) is 18.7 Å². The highest BCUT2D eigenvalue weighted by Gasteiger charge is 2.29. The van der Waals surface area contributed by atoms with Gasteiger partial charge in [-0.05, 0) is 42.0 Å². The van der Waals surface area contributed by atoms with E-state index in [0.717, 1.165) is 23.4 Å². The Bertz CT molecular complexity index is 1030. The van der Waals surface area contributed by atoms with Crippen molar-refractivity contribution in [2.45, 2.75) is 31.8 Å². The van der Waals surface area contributed by atoms with Crippen LogP contribution in [0.15, 0.2) is 58.7 Å². The molecule has 144 valence electrons. The zero-order chi connectivity index (χ0) is 19.5. The minimum Gasteiger partial charge on any atom is -0.338 e. The third-order valence-corrected chi connectivity index (χ3v) is 5.91. The Hall–Kier alpha value is -2.80. The minimum atomic E-state index is -0.367. The molecule has 5 nitrogen and oxygen atoms in total. The second-order valence-electron chi connectivity index (χ2n) is 6.87. The Kier molecular flexibility index (Phi) is 5.34. The first-order valence-corrected chi connectivity index (χ1v) is 10.1. The molecule has 1 fully saturated rings. The predicted octanol–water partition coefficient (Wildman–Crippen LogP) is 3.34. The first kappa shape index (κ1) is 18.6. The van der Waals surface area contributed by atoms with E-state index in [1.54, 1.807) is 40.5 Å². The van der Waals surface area contributed by atoms with E-state index in [9.17, 15) is 14.0 Å². The van der Waals surface area contributed by atoms with E-state index in [-0.39, 0.29) is 29.7 Å². The molecule has 1 aliphatic rings. The lowest BCUT2D eigenvalue weighted by Crippen LogP contribution is -2.41. The number of carbonyl (C=O) groups excluding carboxylic acids is 1. The quantitative estimate of drug-likeness (QED) is 0.664. The normalized spacial score (nSPS) is 16.5. The lowest BCUT2D eigenvalue weighted by molar-refractivity contribution is -0.131. The molecular weight excluding hydrogens is 377 g/mol. The van der Waals surface area contributed by atoms with Gasteiger partial charge in [0.1, 0.15) is 11.5 Å². The van der Waals surface area contributed by atoms with E-state index < -0.39 is 0 Å². The summed E-state index contributed by atoms with van der Waals surface area (Å²) in [5, 5.41) is 6.45. The van der Waals surface area contributed by atoms with Crippen LogP contribution in [0.1, 0.15) is 18.4 Å². The van der Waals surface area contributed by atoms with Crippen LogP contribution in [0.4, 0.5) is 4.39 Å². The van der Waals surface area contributed by atoms with E-state index in [4.69, 9.17) is 0 Å². The molecule has 3 heterocycles. The molecule has 1 amide bonds. The van der Waals surface area contributed by atoms with Crippen LogP contribution in [0, 0.1) is 5.82 Å². The summed E-state index contributed by atoms with van der Waals surface area (Å²) >= 11 is 1.56. The number of amides is 1. The van der Waals surface area contributed by atoms with Crippen molar-refractivity contribution in [1.29, 1.82) is 0 Å². The molecule has 1 aliphatic heterocycles. The number of aromatic nitrogens is 2. The summed E-state index contributed by atoms with van der Waals surface area (Å²) < 4.78 is 15.3. The summed E-state index contributed by atoms with van der Waals surface area (Å²) in [4.78, 5) is 27.8. The molecule has 0 bridgehead atoms. The Balaban J connectivity index is 1.51. The largest absolute Gasteiger partial charge is 0.338 e. The fourth-order valence-corrected chi connectivity index (χ4v) is 4.29. The maximum atomic E-state index is 13.9. The van der Waals surface area contributed by atoms with Gasteiger partial charge < -0.3 is 4.90 Å². The summed E-state index contributed by atoms with van der Waals surface area (Å²) in [7, 11) is 0. The summed E-state index contributed by atoms with van der Waals surface area (Å²) in [6.45, 7) is 0.971. The van der Waals surface area contributed by atoms with Gasteiger partial charge in [-0.25, -0.2) is 9.07 Å². The van der Waals surface area contributed by atoms with Crippen LogP contribution in [0.25, 0.3) is 10.6 Å². The number of hydrogen-bond acceptors (Lipinski definition) is 4. The average Bonchev–Trinajstić information content (AvgIpc) is 3.37. The number of halogens is 1. The molecule has 0 N–H and O–H groups in total. The van der Waals surface area contributed by atoms with Crippen LogP contribution in [0.5, 0.6) is 0 Å². The van der Waals surface area contributed by atoms with Gasteiger partial charge in [-0.2, -0.15) is 5.10 Å². The van der Waals surface area contributed by atoms with Crippen molar-refractivity contribution in [2.75, 3.05) is 6.54 Å². The van der Waals surface area contributed by atoms with Crippen molar-refractivity contribution in [1.82, 2.24) is 14.7 Å². The third kappa shape index (κ3) is 3.89. The van der Waals surface area contributed by atoms with Crippen LogP contribution < -0.4 is 5.56 Å². The number of rotatable bonds is 5. The number of hydrogen-bond donors (Lipinski definition) is 0. The Morgan fingerprint density at radius 1 is 1.18 bits per heavy atom. The maximum absolute atomic E-state index is 13.9. The van der Waals surface area contributed by atoms with Crippen molar-refractivity contribution < 1.29 is 9.18 Å². The molecule has 0 radical (unpaired) electrons. The van der Waals surface area contributed by atoms with E-state index in [2.05, 4.69) is 5.10 Å². The monoisotopic (exact) mass is 397 g/mol. The number of nitrogens with zero attached hydrogens (tertiary/aromatic N) is 3. The van der Waals surface area contributed by atoms with Gasteiger partial charge in [0.25, 0.3) is 5.56 Å². The molecule has 3 aromatic rings. The van der Waals surface area contributed by atoms with E-state index >= 15 is 0 Å². The molecule has 0 unspecified atom stereocenters. The Morgan fingerprint density at radius 3 is 2.82 bits per heavy atom. The van der Waals surface area contributed by atoms with E-state index in [1.165, 1.54) is 16.8 Å². The number of likely N-dealkylation sites (tertiary alicyclic amines) is 1. The Labute approximate surface area is 166 Å².